The van der Waals surface area contributed by atoms with Crippen molar-refractivity contribution in [3.05, 3.63) is 59.0 Å². The highest BCUT2D eigenvalue weighted by Crippen LogP contribution is 2.20. The van der Waals surface area contributed by atoms with E-state index in [0.29, 0.717) is 0 Å². The van der Waals surface area contributed by atoms with Gasteiger partial charge >= 0.3 is 0 Å². The molecule has 2 heterocycles. The summed E-state index contributed by atoms with van der Waals surface area (Å²) in [6.45, 7) is 2.03. The summed E-state index contributed by atoms with van der Waals surface area (Å²) in [6.07, 6.45) is 0. The van der Waals surface area contributed by atoms with Gasteiger partial charge in [0.05, 0.1) is 31.0 Å². The predicted octanol–water partition coefficient (Wildman–Crippen LogP) is 4.90. The Hall–Kier alpha value is -1.78. The summed E-state index contributed by atoms with van der Waals surface area (Å²) in [5.74, 6) is 0. The average molecular weight is 284 g/mol. The molecule has 0 aliphatic rings. The van der Waals surface area contributed by atoms with E-state index >= 15 is 0 Å². The molecule has 19 heavy (non-hydrogen) atoms. The lowest BCUT2D eigenvalue weighted by Gasteiger charge is -1.80. The van der Waals surface area contributed by atoms with Gasteiger partial charge in [-0.3, -0.25) is 0 Å². The third kappa shape index (κ3) is 2.80. The van der Waals surface area contributed by atoms with Crippen molar-refractivity contribution < 1.29 is 0 Å². The third-order valence-electron chi connectivity index (χ3n) is 2.64. The molecule has 0 aliphatic carbocycles. The summed E-state index contributed by atoms with van der Waals surface area (Å²) < 4.78 is 2.54. The molecule has 0 N–H and O–H groups in total. The van der Waals surface area contributed by atoms with Crippen molar-refractivity contribution in [1.82, 2.24) is 9.97 Å². The van der Waals surface area contributed by atoms with Crippen LogP contribution in [0.4, 0.5) is 0 Å². The lowest BCUT2D eigenvalue weighted by atomic mass is 10.3. The number of benzene rings is 2. The van der Waals surface area contributed by atoms with Crippen LogP contribution < -0.4 is 0 Å². The molecule has 0 radical (unpaired) electrons. The van der Waals surface area contributed by atoms with Crippen LogP contribution in [0.1, 0.15) is 5.01 Å². The molecular weight excluding hydrogens is 272 g/mol. The van der Waals surface area contributed by atoms with Gasteiger partial charge in [0.1, 0.15) is 0 Å². The molecular formula is C15H12N2S2. The van der Waals surface area contributed by atoms with Crippen molar-refractivity contribution in [2.24, 2.45) is 0 Å². The highest BCUT2D eigenvalue weighted by atomic mass is 32.1. The molecule has 0 aliphatic heterocycles. The fourth-order valence-corrected chi connectivity index (χ4v) is 3.30. The van der Waals surface area contributed by atoms with Gasteiger partial charge in [-0.2, -0.15) is 0 Å². The summed E-state index contributed by atoms with van der Waals surface area (Å²) in [5, 5.41) is 1.14. The Kier molecular flexibility index (Phi) is 3.53. The van der Waals surface area contributed by atoms with Gasteiger partial charge in [-0.05, 0) is 31.2 Å². The van der Waals surface area contributed by atoms with Crippen molar-refractivity contribution in [2.45, 2.75) is 6.92 Å². The lowest BCUT2D eigenvalue weighted by Crippen LogP contribution is -1.65. The zero-order valence-corrected chi connectivity index (χ0v) is 12.0. The molecule has 4 rings (SSSR count). The SMILES string of the molecule is Cc1nc2ccccc2s1.c1ccc2scnc2c1. The zero-order chi connectivity index (χ0) is 13.1. The number of aromatic nitrogens is 2. The van der Waals surface area contributed by atoms with E-state index in [9.17, 15) is 0 Å². The Morgan fingerprint density at radius 3 is 2.26 bits per heavy atom. The number of aryl methyl sites for hydroxylation is 1. The van der Waals surface area contributed by atoms with E-state index in [2.05, 4.69) is 22.1 Å². The molecule has 0 atom stereocenters. The van der Waals surface area contributed by atoms with E-state index in [0.717, 1.165) is 16.0 Å². The maximum atomic E-state index is 4.33. The van der Waals surface area contributed by atoms with Crippen molar-refractivity contribution >= 4 is 43.1 Å². The number of nitrogens with zero attached hydrogens (tertiary/aromatic N) is 2. The van der Waals surface area contributed by atoms with E-state index in [-0.39, 0.29) is 0 Å². The number of thiazole rings is 2. The summed E-state index contributed by atoms with van der Waals surface area (Å²) in [4.78, 5) is 8.47. The van der Waals surface area contributed by atoms with Crippen LogP contribution in [0.5, 0.6) is 0 Å². The fourth-order valence-electron chi connectivity index (χ4n) is 1.79. The molecule has 0 saturated carbocycles. The standard InChI is InChI=1S/C8H7NS.C7H5NS/c1-6-9-7-4-2-3-5-8(7)10-6;1-2-4-7-6(3-1)8-5-9-7/h2-5H,1H3;1-5H. The van der Waals surface area contributed by atoms with E-state index in [4.69, 9.17) is 0 Å². The molecule has 0 bridgehead atoms. The molecule has 0 spiro atoms. The monoisotopic (exact) mass is 284 g/mol. The van der Waals surface area contributed by atoms with Crippen LogP contribution in [0.15, 0.2) is 54.0 Å². The van der Waals surface area contributed by atoms with Gasteiger partial charge in [0.25, 0.3) is 0 Å². The summed E-state index contributed by atoms with van der Waals surface area (Å²) in [5.41, 5.74) is 4.08. The molecule has 0 unspecified atom stereocenters. The lowest BCUT2D eigenvalue weighted by molar-refractivity contribution is 1.35. The van der Waals surface area contributed by atoms with Crippen molar-refractivity contribution in [2.75, 3.05) is 0 Å². The topological polar surface area (TPSA) is 25.8 Å². The second-order valence-corrected chi connectivity index (χ2v) is 6.14. The van der Waals surface area contributed by atoms with Crippen LogP contribution >= 0.6 is 22.7 Å². The first kappa shape index (κ1) is 12.3. The van der Waals surface area contributed by atoms with Crippen LogP contribution in [0, 0.1) is 6.92 Å². The maximum Gasteiger partial charge on any atom is 0.0907 e. The predicted molar refractivity (Wildman–Crippen MR) is 84.0 cm³/mol. The molecule has 0 fully saturated rings. The molecule has 94 valence electrons. The third-order valence-corrected chi connectivity index (χ3v) is 4.40. The van der Waals surface area contributed by atoms with Crippen LogP contribution in [0.2, 0.25) is 0 Å². The number of rotatable bonds is 0. The summed E-state index contributed by atoms with van der Waals surface area (Å²) in [6, 6.07) is 16.3. The smallest absolute Gasteiger partial charge is 0.0907 e. The fraction of sp³-hybridized carbons (Fsp3) is 0.0667. The number of fused-ring (bicyclic) bond motifs is 2. The highest BCUT2D eigenvalue weighted by molar-refractivity contribution is 7.18. The zero-order valence-electron chi connectivity index (χ0n) is 10.4. The van der Waals surface area contributed by atoms with Crippen LogP contribution in [0.3, 0.4) is 0 Å². The minimum absolute atomic E-state index is 1.10. The van der Waals surface area contributed by atoms with E-state index in [1.165, 1.54) is 9.40 Å². The van der Waals surface area contributed by atoms with Crippen LogP contribution in [-0.2, 0) is 0 Å². The first-order valence-electron chi connectivity index (χ1n) is 5.93. The Morgan fingerprint density at radius 1 is 0.842 bits per heavy atom. The highest BCUT2D eigenvalue weighted by Gasteiger charge is 1.95. The number of hydrogen-bond acceptors (Lipinski definition) is 4. The summed E-state index contributed by atoms with van der Waals surface area (Å²) in [7, 11) is 0. The number of para-hydroxylation sites is 2. The largest absolute Gasteiger partial charge is 0.245 e. The maximum absolute atomic E-state index is 4.33. The minimum atomic E-state index is 1.10. The first-order valence-corrected chi connectivity index (χ1v) is 7.63. The Bertz CT molecular complexity index is 739. The van der Waals surface area contributed by atoms with Crippen molar-refractivity contribution in [3.8, 4) is 0 Å². The van der Waals surface area contributed by atoms with Crippen molar-refractivity contribution in [1.29, 1.82) is 0 Å². The van der Waals surface area contributed by atoms with Gasteiger partial charge in [0, 0.05) is 0 Å². The van der Waals surface area contributed by atoms with E-state index < -0.39 is 0 Å². The second-order valence-electron chi connectivity index (χ2n) is 4.02. The van der Waals surface area contributed by atoms with Gasteiger partial charge in [0.2, 0.25) is 0 Å². The van der Waals surface area contributed by atoms with Gasteiger partial charge in [-0.25, -0.2) is 9.97 Å². The number of hydrogen-bond donors (Lipinski definition) is 0. The second kappa shape index (κ2) is 5.47. The molecule has 2 aromatic heterocycles. The van der Waals surface area contributed by atoms with Crippen LogP contribution in [-0.4, -0.2) is 9.97 Å². The Labute approximate surface area is 119 Å². The normalized spacial score (nSPS) is 10.4. The molecule has 0 saturated heterocycles. The molecule has 0 amide bonds. The first-order chi connectivity index (χ1) is 9.33. The van der Waals surface area contributed by atoms with Crippen LogP contribution in [0.25, 0.3) is 20.4 Å². The quantitative estimate of drug-likeness (QED) is 0.459. The van der Waals surface area contributed by atoms with E-state index in [1.54, 1.807) is 22.7 Å². The van der Waals surface area contributed by atoms with Gasteiger partial charge < -0.3 is 0 Å². The molecule has 2 nitrogen and oxygen atoms in total. The average Bonchev–Trinajstić information content (AvgIpc) is 3.03. The van der Waals surface area contributed by atoms with Crippen molar-refractivity contribution in [3.63, 3.8) is 0 Å². The molecule has 4 heteroatoms. The van der Waals surface area contributed by atoms with Gasteiger partial charge in [-0.1, -0.05) is 24.3 Å². The molecule has 2 aromatic carbocycles. The Balaban J connectivity index is 0.000000117. The summed E-state index contributed by atoms with van der Waals surface area (Å²) >= 11 is 3.42. The molecule has 4 aromatic rings. The van der Waals surface area contributed by atoms with Gasteiger partial charge in [-0.15, -0.1) is 22.7 Å². The van der Waals surface area contributed by atoms with Gasteiger partial charge in [0.15, 0.2) is 0 Å². The Morgan fingerprint density at radius 2 is 1.53 bits per heavy atom. The van der Waals surface area contributed by atoms with E-state index in [1.807, 2.05) is 48.8 Å². The minimum Gasteiger partial charge on any atom is -0.245 e.